The summed E-state index contributed by atoms with van der Waals surface area (Å²) in [6, 6.07) is 10.5. The van der Waals surface area contributed by atoms with Crippen molar-refractivity contribution in [2.24, 2.45) is 11.3 Å². The smallest absolute Gasteiger partial charge is 0.279 e. The molecule has 0 unspecified atom stereocenters. The first-order chi connectivity index (χ1) is 18.8. The number of hydrogen-bond acceptors (Lipinski definition) is 7. The van der Waals surface area contributed by atoms with E-state index in [1.807, 2.05) is 18.2 Å². The topological polar surface area (TPSA) is 90.9 Å². The van der Waals surface area contributed by atoms with Crippen LogP contribution in [0.15, 0.2) is 42.6 Å². The lowest BCUT2D eigenvalue weighted by atomic mass is 9.75. The van der Waals surface area contributed by atoms with Gasteiger partial charge in [-0.3, -0.25) is 0 Å². The quantitative estimate of drug-likeness (QED) is 0.533. The molecule has 1 aromatic carbocycles. The van der Waals surface area contributed by atoms with Crippen LogP contribution in [0.25, 0.3) is 0 Å². The molecule has 4 aliphatic rings. The van der Waals surface area contributed by atoms with Gasteiger partial charge in [0, 0.05) is 57.5 Å². The van der Waals surface area contributed by atoms with Gasteiger partial charge < -0.3 is 14.5 Å². The Hall–Kier alpha value is -2.18. The molecule has 6 rings (SSSR count). The van der Waals surface area contributed by atoms with Crippen LogP contribution in [0.5, 0.6) is 0 Å². The third kappa shape index (κ3) is 5.97. The molecule has 0 radical (unpaired) electrons. The number of anilines is 1. The highest BCUT2D eigenvalue weighted by atomic mass is 32.2. The molecule has 1 aliphatic carbocycles. The van der Waals surface area contributed by atoms with Gasteiger partial charge in [0.25, 0.3) is 10.2 Å². The van der Waals surface area contributed by atoms with Crippen molar-refractivity contribution >= 4 is 16.0 Å². The van der Waals surface area contributed by atoms with Gasteiger partial charge in [0.15, 0.2) is 5.82 Å². The molecule has 0 bridgehead atoms. The first kappa shape index (κ1) is 27.0. The van der Waals surface area contributed by atoms with Crippen molar-refractivity contribution in [3.05, 3.63) is 54.0 Å². The number of hydrogen-bond donors (Lipinski definition) is 1. The number of rotatable bonds is 8. The molecular weight excluding hydrogens is 519 g/mol. The van der Waals surface area contributed by atoms with Crippen molar-refractivity contribution in [3.63, 3.8) is 0 Å². The summed E-state index contributed by atoms with van der Waals surface area (Å²) in [7, 11) is -1.51. The van der Waals surface area contributed by atoms with E-state index in [0.29, 0.717) is 51.0 Å². The van der Waals surface area contributed by atoms with Gasteiger partial charge in [0.2, 0.25) is 0 Å². The summed E-state index contributed by atoms with van der Waals surface area (Å²) in [6.45, 7) is 4.92. The van der Waals surface area contributed by atoms with E-state index < -0.39 is 10.2 Å². The fourth-order valence-electron chi connectivity index (χ4n) is 7.01. The number of likely N-dealkylation sites (tertiary alicyclic amines) is 1. The summed E-state index contributed by atoms with van der Waals surface area (Å²) >= 11 is 0. The highest BCUT2D eigenvalue weighted by molar-refractivity contribution is 7.87. The van der Waals surface area contributed by atoms with Gasteiger partial charge in [-0.05, 0) is 80.8 Å². The summed E-state index contributed by atoms with van der Waals surface area (Å²) in [5.74, 6) is 1.39. The number of halogens is 1. The minimum Gasteiger partial charge on any atom is -0.374 e. The Balaban J connectivity index is 1.07. The predicted molar refractivity (Wildman–Crippen MR) is 147 cm³/mol. The molecule has 212 valence electrons. The van der Waals surface area contributed by atoms with Crippen LogP contribution in [-0.4, -0.2) is 92.9 Å². The van der Waals surface area contributed by atoms with E-state index in [1.165, 1.54) is 6.07 Å². The van der Waals surface area contributed by atoms with Crippen molar-refractivity contribution in [1.29, 1.82) is 0 Å². The monoisotopic (exact) mass is 558 g/mol. The lowest BCUT2D eigenvalue weighted by molar-refractivity contribution is -0.0683. The Morgan fingerprint density at radius 2 is 1.87 bits per heavy atom. The van der Waals surface area contributed by atoms with Crippen LogP contribution in [-0.2, 0) is 14.9 Å². The number of ether oxygens (including phenoxy) is 1. The number of nitrogens with zero attached hydrogens (tertiary/aromatic N) is 5. The normalized spacial score (nSPS) is 29.6. The third-order valence-corrected chi connectivity index (χ3v) is 10.6. The predicted octanol–water partition coefficient (Wildman–Crippen LogP) is 2.64. The van der Waals surface area contributed by atoms with Gasteiger partial charge in [-0.2, -0.15) is 22.5 Å². The second-order valence-corrected chi connectivity index (χ2v) is 13.8. The maximum atomic E-state index is 13.7. The van der Waals surface area contributed by atoms with Gasteiger partial charge in [0.1, 0.15) is 5.82 Å². The third-order valence-electron chi connectivity index (χ3n) is 9.03. The van der Waals surface area contributed by atoms with Gasteiger partial charge in [-0.15, -0.1) is 5.10 Å². The molecule has 1 saturated carbocycles. The van der Waals surface area contributed by atoms with E-state index in [9.17, 15) is 12.8 Å². The van der Waals surface area contributed by atoms with Gasteiger partial charge >= 0.3 is 0 Å². The van der Waals surface area contributed by atoms with Crippen LogP contribution in [0.2, 0.25) is 0 Å². The van der Waals surface area contributed by atoms with Crippen molar-refractivity contribution in [3.8, 4) is 0 Å². The number of aromatic nitrogens is 2. The Bertz CT molecular complexity index is 1230. The maximum Gasteiger partial charge on any atom is 0.279 e. The fourth-order valence-corrected chi connectivity index (χ4v) is 8.70. The van der Waals surface area contributed by atoms with Crippen molar-refractivity contribution in [1.82, 2.24) is 24.1 Å². The zero-order valence-corrected chi connectivity index (χ0v) is 23.4. The first-order valence-corrected chi connectivity index (χ1v) is 15.6. The van der Waals surface area contributed by atoms with E-state index in [0.717, 1.165) is 50.2 Å². The molecule has 1 spiro atoms. The molecule has 3 saturated heterocycles. The molecule has 1 aromatic heterocycles. The van der Waals surface area contributed by atoms with Crippen LogP contribution in [0.4, 0.5) is 10.2 Å². The average molecular weight is 559 g/mol. The fraction of sp³-hybridized carbons (Fsp3) is 0.643. The summed E-state index contributed by atoms with van der Waals surface area (Å²) < 4.78 is 51.3. The molecule has 11 heteroatoms. The molecule has 4 heterocycles. The largest absolute Gasteiger partial charge is 0.374 e. The second-order valence-electron chi connectivity index (χ2n) is 12.1. The molecule has 2 aromatic rings. The van der Waals surface area contributed by atoms with Crippen LogP contribution in [0.1, 0.15) is 43.6 Å². The summed E-state index contributed by atoms with van der Waals surface area (Å²) in [5.41, 5.74) is 1.22. The first-order valence-electron chi connectivity index (χ1n) is 14.1. The molecule has 4 fully saturated rings. The lowest BCUT2D eigenvalue weighted by Gasteiger charge is -2.58. The molecule has 3 aliphatic heterocycles. The minimum atomic E-state index is -3.58. The van der Waals surface area contributed by atoms with Gasteiger partial charge in [-0.25, -0.2) is 4.39 Å². The zero-order chi connectivity index (χ0) is 27.0. The molecule has 0 amide bonds. The second kappa shape index (κ2) is 11.0. The summed E-state index contributed by atoms with van der Waals surface area (Å²) in [5, 5.41) is 8.28. The molecule has 2 atom stereocenters. The Labute approximate surface area is 230 Å². The van der Waals surface area contributed by atoms with Crippen LogP contribution < -0.4 is 9.62 Å². The van der Waals surface area contributed by atoms with Crippen LogP contribution in [0.3, 0.4) is 0 Å². The van der Waals surface area contributed by atoms with Crippen molar-refractivity contribution in [2.45, 2.75) is 50.2 Å². The maximum absolute atomic E-state index is 13.7. The van der Waals surface area contributed by atoms with Gasteiger partial charge in [-0.1, -0.05) is 12.1 Å². The number of benzene rings is 1. The average Bonchev–Trinajstić information content (AvgIpc) is 2.90. The van der Waals surface area contributed by atoms with E-state index >= 15 is 0 Å². The van der Waals surface area contributed by atoms with E-state index in [1.54, 1.807) is 22.6 Å². The number of nitrogens with one attached hydrogen (secondary N) is 1. The zero-order valence-electron chi connectivity index (χ0n) is 22.6. The number of piperidine rings is 1. The standard InChI is InChI=1S/C28H39FN6O3S/c1-33-17-28(18-33)19-35(20-28)39(36,37)32-25-11-13-34(27-6-3-12-30-31-27)15-26(25)38-16-21-7-9-22(10-8-21)23-4-2-5-24(29)14-23/h2-6,12,14,21-22,25-26,32H,7-11,13,15-20H2,1H3/t21?,22?,25-,26+/m0/s1. The Kier molecular flexibility index (Phi) is 7.62. The lowest BCUT2D eigenvalue weighted by Crippen LogP contribution is -2.73. The SMILES string of the molecule is CN1CC2(C1)CN(S(=O)(=O)N[C@H]1CCN(c3cccnn3)C[C@H]1OCC1CCC(c3cccc(F)c3)CC1)C2. The summed E-state index contributed by atoms with van der Waals surface area (Å²) in [4.78, 5) is 4.36. The highest BCUT2D eigenvalue weighted by Gasteiger charge is 2.54. The van der Waals surface area contributed by atoms with Crippen LogP contribution >= 0.6 is 0 Å². The summed E-state index contributed by atoms with van der Waals surface area (Å²) in [6.07, 6.45) is 6.05. The molecular formula is C28H39FN6O3S. The van der Waals surface area contributed by atoms with Gasteiger partial charge in [0.05, 0.1) is 12.1 Å². The van der Waals surface area contributed by atoms with Crippen LogP contribution in [0, 0.1) is 17.2 Å². The van der Waals surface area contributed by atoms with E-state index in [2.05, 4.69) is 31.8 Å². The minimum absolute atomic E-state index is 0.138. The molecule has 9 nitrogen and oxygen atoms in total. The molecule has 39 heavy (non-hydrogen) atoms. The van der Waals surface area contributed by atoms with E-state index in [-0.39, 0.29) is 23.4 Å². The Morgan fingerprint density at radius 1 is 1.08 bits per heavy atom. The Morgan fingerprint density at radius 3 is 2.56 bits per heavy atom. The van der Waals surface area contributed by atoms with E-state index in [4.69, 9.17) is 4.74 Å². The molecule has 1 N–H and O–H groups in total. The van der Waals surface area contributed by atoms with Crippen molar-refractivity contribution in [2.75, 3.05) is 57.8 Å². The van der Waals surface area contributed by atoms with Crippen molar-refractivity contribution < 1.29 is 17.5 Å². The highest BCUT2D eigenvalue weighted by Crippen LogP contribution is 2.40.